The van der Waals surface area contributed by atoms with E-state index in [2.05, 4.69) is 25.8 Å². The molecule has 0 aliphatic carbocycles. The molecule has 0 aliphatic rings. The zero-order valence-electron chi connectivity index (χ0n) is 9.34. The maximum absolute atomic E-state index is 12.0. The number of hydrogen-bond acceptors (Lipinski definition) is 5. The van der Waals surface area contributed by atoms with Crippen LogP contribution in [0, 0.1) is 6.92 Å². The van der Waals surface area contributed by atoms with E-state index in [1.807, 2.05) is 0 Å². The second-order valence-corrected chi connectivity index (χ2v) is 6.15. The summed E-state index contributed by atoms with van der Waals surface area (Å²) < 4.78 is 31.7. The van der Waals surface area contributed by atoms with Gasteiger partial charge in [0.15, 0.2) is 5.82 Å². The number of rotatable bonds is 3. The van der Waals surface area contributed by atoms with E-state index in [-0.39, 0.29) is 10.7 Å². The van der Waals surface area contributed by atoms with Gasteiger partial charge in [-0.25, -0.2) is 8.42 Å². The van der Waals surface area contributed by atoms with Crippen LogP contribution in [0.15, 0.2) is 38.2 Å². The lowest BCUT2D eigenvalue weighted by molar-refractivity contribution is 0.400. The predicted molar refractivity (Wildman–Crippen MR) is 70.6 cm³/mol. The van der Waals surface area contributed by atoms with E-state index in [1.165, 1.54) is 18.2 Å². The lowest BCUT2D eigenvalue weighted by Crippen LogP contribution is -2.13. The highest BCUT2D eigenvalue weighted by Gasteiger charge is 2.17. The number of nitrogens with two attached hydrogens (primary N) is 1. The molecule has 0 saturated carbocycles. The van der Waals surface area contributed by atoms with E-state index in [0.717, 1.165) is 0 Å². The Kier molecular flexibility index (Phi) is 3.31. The largest absolute Gasteiger partial charge is 0.398 e. The SMILES string of the molecule is Cc1cc(NS(=O)(=O)c2ccc(Br)c(N)c2)no1. The topological polar surface area (TPSA) is 98.2 Å². The number of nitrogen functional groups attached to an aromatic ring is 1. The Morgan fingerprint density at radius 3 is 2.67 bits per heavy atom. The lowest BCUT2D eigenvalue weighted by atomic mass is 10.3. The van der Waals surface area contributed by atoms with Gasteiger partial charge in [-0.2, -0.15) is 0 Å². The average molecular weight is 332 g/mol. The van der Waals surface area contributed by atoms with Crippen LogP contribution in [-0.2, 0) is 10.0 Å². The van der Waals surface area contributed by atoms with Crippen molar-refractivity contribution >= 4 is 37.5 Å². The van der Waals surface area contributed by atoms with Crippen LogP contribution < -0.4 is 10.5 Å². The van der Waals surface area contributed by atoms with Crippen LogP contribution in [0.3, 0.4) is 0 Å². The fraction of sp³-hybridized carbons (Fsp3) is 0.100. The number of aromatic nitrogens is 1. The van der Waals surface area contributed by atoms with Crippen molar-refractivity contribution < 1.29 is 12.9 Å². The Hall–Kier alpha value is -1.54. The van der Waals surface area contributed by atoms with E-state index in [1.54, 1.807) is 13.0 Å². The summed E-state index contributed by atoms with van der Waals surface area (Å²) in [6, 6.07) is 5.85. The number of hydrogen-bond donors (Lipinski definition) is 2. The zero-order chi connectivity index (χ0) is 13.3. The minimum Gasteiger partial charge on any atom is -0.398 e. The van der Waals surface area contributed by atoms with Gasteiger partial charge in [0.25, 0.3) is 10.0 Å². The van der Waals surface area contributed by atoms with E-state index in [4.69, 9.17) is 10.3 Å². The maximum Gasteiger partial charge on any atom is 0.263 e. The molecule has 0 spiro atoms. The summed E-state index contributed by atoms with van der Waals surface area (Å²) >= 11 is 3.20. The molecule has 0 amide bonds. The number of benzene rings is 1. The van der Waals surface area contributed by atoms with Gasteiger partial charge in [0, 0.05) is 16.2 Å². The third-order valence-electron chi connectivity index (χ3n) is 2.14. The summed E-state index contributed by atoms with van der Waals surface area (Å²) in [4.78, 5) is 0.0591. The molecule has 8 heteroatoms. The first kappa shape index (κ1) is 12.9. The Balaban J connectivity index is 2.33. The first-order chi connectivity index (χ1) is 8.38. The van der Waals surface area contributed by atoms with E-state index in [9.17, 15) is 8.42 Å². The second kappa shape index (κ2) is 4.62. The number of nitrogens with zero attached hydrogens (tertiary/aromatic N) is 1. The fourth-order valence-electron chi connectivity index (χ4n) is 1.30. The van der Waals surface area contributed by atoms with Crippen LogP contribution in [0.4, 0.5) is 11.5 Å². The molecule has 0 unspecified atom stereocenters. The molecular weight excluding hydrogens is 322 g/mol. The van der Waals surface area contributed by atoms with Gasteiger partial charge in [0.05, 0.1) is 4.90 Å². The molecule has 2 rings (SSSR count). The molecule has 96 valence electrons. The van der Waals surface area contributed by atoms with Gasteiger partial charge in [-0.05, 0) is 41.1 Å². The molecule has 0 radical (unpaired) electrons. The minimum absolute atomic E-state index is 0.0591. The molecular formula is C10H10BrN3O3S. The maximum atomic E-state index is 12.0. The van der Waals surface area contributed by atoms with Crippen molar-refractivity contribution in [2.75, 3.05) is 10.5 Å². The summed E-state index contributed by atoms with van der Waals surface area (Å²) in [7, 11) is -3.71. The molecule has 2 aromatic rings. The molecule has 1 aromatic heterocycles. The standard InChI is InChI=1S/C10H10BrN3O3S/c1-6-4-10(13-17-6)14-18(15,16)7-2-3-8(11)9(12)5-7/h2-5H,12H2,1H3,(H,13,14). The van der Waals surface area contributed by atoms with Crippen molar-refractivity contribution in [1.82, 2.24) is 5.16 Å². The van der Waals surface area contributed by atoms with Crippen LogP contribution in [0.5, 0.6) is 0 Å². The molecule has 6 nitrogen and oxygen atoms in total. The van der Waals surface area contributed by atoms with E-state index < -0.39 is 10.0 Å². The number of nitrogens with one attached hydrogen (secondary N) is 1. The first-order valence-electron chi connectivity index (χ1n) is 4.89. The first-order valence-corrected chi connectivity index (χ1v) is 7.17. The smallest absolute Gasteiger partial charge is 0.263 e. The highest BCUT2D eigenvalue weighted by molar-refractivity contribution is 9.10. The summed E-state index contributed by atoms with van der Waals surface area (Å²) in [5, 5.41) is 3.56. The van der Waals surface area contributed by atoms with Gasteiger partial charge in [-0.15, -0.1) is 0 Å². The van der Waals surface area contributed by atoms with Crippen molar-refractivity contribution in [2.45, 2.75) is 11.8 Å². The van der Waals surface area contributed by atoms with Crippen LogP contribution in [-0.4, -0.2) is 13.6 Å². The van der Waals surface area contributed by atoms with Gasteiger partial charge in [-0.3, -0.25) is 4.72 Å². The molecule has 0 bridgehead atoms. The highest BCUT2D eigenvalue weighted by atomic mass is 79.9. The molecule has 3 N–H and O–H groups in total. The van der Waals surface area contributed by atoms with Crippen molar-refractivity contribution in [1.29, 1.82) is 0 Å². The molecule has 1 aromatic carbocycles. The summed E-state index contributed by atoms with van der Waals surface area (Å²) in [6.45, 7) is 1.67. The predicted octanol–water partition coefficient (Wildman–Crippen LogP) is 2.13. The van der Waals surface area contributed by atoms with Crippen LogP contribution in [0.1, 0.15) is 5.76 Å². The molecule has 0 fully saturated rings. The molecule has 0 aliphatic heterocycles. The average Bonchev–Trinajstić information content (AvgIpc) is 2.67. The van der Waals surface area contributed by atoms with Crippen LogP contribution in [0.25, 0.3) is 0 Å². The molecule has 1 heterocycles. The number of anilines is 2. The van der Waals surface area contributed by atoms with E-state index >= 15 is 0 Å². The second-order valence-electron chi connectivity index (χ2n) is 3.61. The van der Waals surface area contributed by atoms with Crippen LogP contribution in [0.2, 0.25) is 0 Å². The van der Waals surface area contributed by atoms with Gasteiger partial charge >= 0.3 is 0 Å². The van der Waals surface area contributed by atoms with Crippen molar-refractivity contribution in [3.05, 3.63) is 34.5 Å². The molecule has 0 saturated heterocycles. The Bertz CT molecular complexity index is 681. The summed E-state index contributed by atoms with van der Waals surface area (Å²) in [5.41, 5.74) is 5.98. The summed E-state index contributed by atoms with van der Waals surface area (Å²) in [6.07, 6.45) is 0. The van der Waals surface area contributed by atoms with Crippen molar-refractivity contribution in [2.24, 2.45) is 0 Å². The fourth-order valence-corrected chi connectivity index (χ4v) is 2.57. The van der Waals surface area contributed by atoms with Gasteiger partial charge in [0.1, 0.15) is 5.76 Å². The van der Waals surface area contributed by atoms with Gasteiger partial charge < -0.3 is 10.3 Å². The van der Waals surface area contributed by atoms with E-state index in [0.29, 0.717) is 15.9 Å². The van der Waals surface area contributed by atoms with Gasteiger partial charge in [0.2, 0.25) is 0 Å². The lowest BCUT2D eigenvalue weighted by Gasteiger charge is -2.06. The highest BCUT2D eigenvalue weighted by Crippen LogP contribution is 2.24. The zero-order valence-corrected chi connectivity index (χ0v) is 11.7. The Morgan fingerprint density at radius 2 is 2.11 bits per heavy atom. The Labute approximate surface area is 112 Å². The molecule has 18 heavy (non-hydrogen) atoms. The number of sulfonamides is 1. The third-order valence-corrected chi connectivity index (χ3v) is 4.22. The van der Waals surface area contributed by atoms with Gasteiger partial charge in [-0.1, -0.05) is 5.16 Å². The monoisotopic (exact) mass is 331 g/mol. The summed E-state index contributed by atoms with van der Waals surface area (Å²) in [5.74, 6) is 0.650. The molecule has 0 atom stereocenters. The van der Waals surface area contributed by atoms with Crippen molar-refractivity contribution in [3.63, 3.8) is 0 Å². The third kappa shape index (κ3) is 2.65. The minimum atomic E-state index is -3.71. The normalized spacial score (nSPS) is 11.4. The van der Waals surface area contributed by atoms with Crippen LogP contribution >= 0.6 is 15.9 Å². The Morgan fingerprint density at radius 1 is 1.39 bits per heavy atom. The quantitative estimate of drug-likeness (QED) is 0.839. The number of halogens is 1. The number of aryl methyl sites for hydroxylation is 1. The van der Waals surface area contributed by atoms with Crippen molar-refractivity contribution in [3.8, 4) is 0 Å².